The SMILES string of the molecule is CCCCCCCCOc1ccc(N=Nc2ccccc2)cc1. The van der Waals surface area contributed by atoms with E-state index in [1.54, 1.807) is 0 Å². The number of hydrogen-bond donors (Lipinski definition) is 0. The first-order valence-corrected chi connectivity index (χ1v) is 8.58. The highest BCUT2D eigenvalue weighted by atomic mass is 16.5. The van der Waals surface area contributed by atoms with E-state index in [0.29, 0.717) is 0 Å². The van der Waals surface area contributed by atoms with E-state index in [9.17, 15) is 0 Å². The number of azo groups is 1. The van der Waals surface area contributed by atoms with Gasteiger partial charge in [-0.25, -0.2) is 0 Å². The second-order valence-electron chi connectivity index (χ2n) is 5.65. The molecule has 2 rings (SSSR count). The lowest BCUT2D eigenvalue weighted by Crippen LogP contribution is -1.96. The fourth-order valence-electron chi connectivity index (χ4n) is 2.29. The Morgan fingerprint density at radius 1 is 0.696 bits per heavy atom. The van der Waals surface area contributed by atoms with Gasteiger partial charge in [0, 0.05) is 0 Å². The van der Waals surface area contributed by atoms with E-state index in [1.165, 1.54) is 32.1 Å². The number of nitrogens with zero attached hydrogens (tertiary/aromatic N) is 2. The Morgan fingerprint density at radius 3 is 2.00 bits per heavy atom. The van der Waals surface area contributed by atoms with Crippen molar-refractivity contribution < 1.29 is 4.74 Å². The average molecular weight is 310 g/mol. The van der Waals surface area contributed by atoms with E-state index < -0.39 is 0 Å². The van der Waals surface area contributed by atoms with Crippen LogP contribution in [0.4, 0.5) is 11.4 Å². The van der Waals surface area contributed by atoms with Gasteiger partial charge in [-0.15, -0.1) is 0 Å². The Bertz CT molecular complexity index is 564. The molecule has 2 aromatic carbocycles. The molecule has 0 aromatic heterocycles. The molecule has 23 heavy (non-hydrogen) atoms. The molecular weight excluding hydrogens is 284 g/mol. The van der Waals surface area contributed by atoms with Crippen LogP contribution in [0.5, 0.6) is 5.75 Å². The largest absolute Gasteiger partial charge is 0.494 e. The Kier molecular flexibility index (Phi) is 7.89. The molecule has 0 fully saturated rings. The smallest absolute Gasteiger partial charge is 0.119 e. The van der Waals surface area contributed by atoms with Crippen molar-refractivity contribution in [1.29, 1.82) is 0 Å². The van der Waals surface area contributed by atoms with Crippen molar-refractivity contribution in [3.63, 3.8) is 0 Å². The molecular formula is C20H26N2O. The van der Waals surface area contributed by atoms with Gasteiger partial charge in [-0.05, 0) is 42.8 Å². The highest BCUT2D eigenvalue weighted by molar-refractivity contribution is 5.42. The van der Waals surface area contributed by atoms with Crippen molar-refractivity contribution in [2.75, 3.05) is 6.61 Å². The Labute approximate surface area is 139 Å². The standard InChI is InChI=1S/C20H26N2O/c1-2-3-4-5-6-10-17-23-20-15-13-19(14-16-20)22-21-18-11-8-7-9-12-18/h7-9,11-16H,2-6,10,17H2,1H3. The van der Waals surface area contributed by atoms with E-state index in [1.807, 2.05) is 54.6 Å². The van der Waals surface area contributed by atoms with E-state index in [4.69, 9.17) is 4.74 Å². The predicted molar refractivity (Wildman–Crippen MR) is 95.9 cm³/mol. The molecule has 0 N–H and O–H groups in total. The highest BCUT2D eigenvalue weighted by Crippen LogP contribution is 2.21. The Morgan fingerprint density at radius 2 is 1.30 bits per heavy atom. The van der Waals surface area contributed by atoms with Crippen molar-refractivity contribution in [2.45, 2.75) is 45.4 Å². The summed E-state index contributed by atoms with van der Waals surface area (Å²) < 4.78 is 5.76. The molecule has 0 radical (unpaired) electrons. The summed E-state index contributed by atoms with van der Waals surface area (Å²) in [6.07, 6.45) is 7.68. The predicted octanol–water partition coefficient (Wildman–Crippen LogP) is 6.84. The number of benzene rings is 2. The van der Waals surface area contributed by atoms with E-state index in [0.717, 1.165) is 30.2 Å². The minimum absolute atomic E-state index is 0.789. The molecule has 0 saturated carbocycles. The number of rotatable bonds is 10. The van der Waals surface area contributed by atoms with Gasteiger partial charge in [0.1, 0.15) is 5.75 Å². The topological polar surface area (TPSA) is 34.0 Å². The minimum atomic E-state index is 0.789. The van der Waals surface area contributed by atoms with Crippen LogP contribution in [0.1, 0.15) is 45.4 Å². The summed E-state index contributed by atoms with van der Waals surface area (Å²) in [5, 5.41) is 8.43. The van der Waals surface area contributed by atoms with Crippen LogP contribution in [0.3, 0.4) is 0 Å². The second-order valence-corrected chi connectivity index (χ2v) is 5.65. The van der Waals surface area contributed by atoms with Gasteiger partial charge >= 0.3 is 0 Å². The molecule has 0 saturated heterocycles. The summed E-state index contributed by atoms with van der Waals surface area (Å²) in [6.45, 7) is 3.03. The van der Waals surface area contributed by atoms with Crippen LogP contribution in [0, 0.1) is 0 Å². The van der Waals surface area contributed by atoms with Gasteiger partial charge in [0.15, 0.2) is 0 Å². The fraction of sp³-hybridized carbons (Fsp3) is 0.400. The lowest BCUT2D eigenvalue weighted by molar-refractivity contribution is 0.304. The third kappa shape index (κ3) is 7.09. The highest BCUT2D eigenvalue weighted by Gasteiger charge is 1.96. The third-order valence-corrected chi connectivity index (χ3v) is 3.64. The lowest BCUT2D eigenvalue weighted by Gasteiger charge is -2.06. The molecule has 3 nitrogen and oxygen atoms in total. The zero-order chi connectivity index (χ0) is 16.2. The number of ether oxygens (including phenoxy) is 1. The first kappa shape index (κ1) is 17.2. The summed E-state index contributed by atoms with van der Waals surface area (Å²) in [7, 11) is 0. The van der Waals surface area contributed by atoms with Crippen molar-refractivity contribution in [2.24, 2.45) is 10.2 Å². The summed E-state index contributed by atoms with van der Waals surface area (Å²) in [4.78, 5) is 0. The van der Waals surface area contributed by atoms with E-state index in [2.05, 4.69) is 17.2 Å². The summed E-state index contributed by atoms with van der Waals surface area (Å²) in [6, 6.07) is 17.5. The Balaban J connectivity index is 1.69. The minimum Gasteiger partial charge on any atom is -0.494 e. The lowest BCUT2D eigenvalue weighted by atomic mass is 10.1. The van der Waals surface area contributed by atoms with Gasteiger partial charge in [-0.3, -0.25) is 0 Å². The van der Waals surface area contributed by atoms with Crippen LogP contribution >= 0.6 is 0 Å². The zero-order valence-electron chi connectivity index (χ0n) is 13.9. The van der Waals surface area contributed by atoms with Gasteiger partial charge in [-0.2, -0.15) is 10.2 Å². The van der Waals surface area contributed by atoms with Crippen molar-refractivity contribution in [1.82, 2.24) is 0 Å². The molecule has 0 aliphatic heterocycles. The first-order valence-electron chi connectivity index (χ1n) is 8.58. The normalized spacial score (nSPS) is 11.0. The third-order valence-electron chi connectivity index (χ3n) is 3.64. The fourth-order valence-corrected chi connectivity index (χ4v) is 2.29. The molecule has 3 heteroatoms. The summed E-state index contributed by atoms with van der Waals surface area (Å²) in [5.41, 5.74) is 1.69. The maximum atomic E-state index is 5.76. The van der Waals surface area contributed by atoms with Crippen molar-refractivity contribution in [3.8, 4) is 5.75 Å². The molecule has 0 bridgehead atoms. The van der Waals surface area contributed by atoms with Crippen LogP contribution in [-0.4, -0.2) is 6.61 Å². The molecule has 0 aliphatic rings. The molecule has 0 unspecified atom stereocenters. The molecule has 0 spiro atoms. The summed E-state index contributed by atoms with van der Waals surface area (Å²) >= 11 is 0. The zero-order valence-corrected chi connectivity index (χ0v) is 13.9. The molecule has 122 valence electrons. The molecule has 0 aliphatic carbocycles. The Hall–Kier alpha value is -2.16. The van der Waals surface area contributed by atoms with Gasteiger partial charge in [0.05, 0.1) is 18.0 Å². The van der Waals surface area contributed by atoms with Crippen molar-refractivity contribution in [3.05, 3.63) is 54.6 Å². The van der Waals surface area contributed by atoms with Crippen LogP contribution < -0.4 is 4.74 Å². The van der Waals surface area contributed by atoms with Crippen molar-refractivity contribution >= 4 is 11.4 Å². The van der Waals surface area contributed by atoms with Crippen LogP contribution in [-0.2, 0) is 0 Å². The van der Waals surface area contributed by atoms with E-state index in [-0.39, 0.29) is 0 Å². The quantitative estimate of drug-likeness (QED) is 0.349. The van der Waals surface area contributed by atoms with Crippen LogP contribution in [0.2, 0.25) is 0 Å². The van der Waals surface area contributed by atoms with Crippen LogP contribution in [0.15, 0.2) is 64.8 Å². The van der Waals surface area contributed by atoms with Gasteiger partial charge in [0.25, 0.3) is 0 Å². The van der Waals surface area contributed by atoms with Gasteiger partial charge < -0.3 is 4.74 Å². The monoisotopic (exact) mass is 310 g/mol. The van der Waals surface area contributed by atoms with Crippen LogP contribution in [0.25, 0.3) is 0 Å². The first-order chi connectivity index (χ1) is 11.4. The molecule has 0 heterocycles. The van der Waals surface area contributed by atoms with Gasteiger partial charge in [-0.1, -0.05) is 57.2 Å². The molecule has 2 aromatic rings. The molecule has 0 atom stereocenters. The second kappa shape index (κ2) is 10.5. The maximum Gasteiger partial charge on any atom is 0.119 e. The number of hydrogen-bond acceptors (Lipinski definition) is 3. The maximum absolute atomic E-state index is 5.76. The average Bonchev–Trinajstić information content (AvgIpc) is 2.61. The van der Waals surface area contributed by atoms with E-state index >= 15 is 0 Å². The van der Waals surface area contributed by atoms with Gasteiger partial charge in [0.2, 0.25) is 0 Å². The molecule has 0 amide bonds. The number of unbranched alkanes of at least 4 members (excludes halogenated alkanes) is 5. The summed E-state index contributed by atoms with van der Waals surface area (Å²) in [5.74, 6) is 0.900.